The number of benzene rings is 1. The molecule has 0 aliphatic carbocycles. The number of carbonyl (C=O) groups is 1. The smallest absolute Gasteiger partial charge is 0.225 e. The molecule has 1 fully saturated rings. The van der Waals surface area contributed by atoms with E-state index in [1.54, 1.807) is 0 Å². The van der Waals surface area contributed by atoms with Gasteiger partial charge in [0, 0.05) is 18.7 Å². The predicted octanol–water partition coefficient (Wildman–Crippen LogP) is 2.15. The molecule has 1 N–H and O–H groups in total. The van der Waals surface area contributed by atoms with Gasteiger partial charge in [-0.15, -0.1) is 0 Å². The number of ether oxygens (including phenoxy) is 1. The maximum atomic E-state index is 11.6. The quantitative estimate of drug-likeness (QED) is 0.782. The zero-order chi connectivity index (χ0) is 11.0. The number of amides is 1. The highest BCUT2D eigenvalue weighted by molar-refractivity contribution is 5.94. The molecule has 2 aliphatic rings. The van der Waals surface area contributed by atoms with E-state index in [0.29, 0.717) is 18.3 Å². The molecule has 2 heterocycles. The highest BCUT2D eigenvalue weighted by Crippen LogP contribution is 2.39. The van der Waals surface area contributed by atoms with E-state index in [-0.39, 0.29) is 5.91 Å². The first kappa shape index (κ1) is 9.85. The fraction of sp³-hybridized carbons (Fsp3) is 0.462. The lowest BCUT2D eigenvalue weighted by atomic mass is 9.80. The first-order valence-electron chi connectivity index (χ1n) is 5.81. The van der Waals surface area contributed by atoms with Crippen molar-refractivity contribution in [2.75, 3.05) is 18.5 Å². The number of anilines is 1. The molecule has 0 unspecified atom stereocenters. The van der Waals surface area contributed by atoms with Crippen LogP contribution in [0.1, 0.15) is 24.3 Å². The molecule has 1 saturated heterocycles. The Morgan fingerprint density at radius 3 is 3.00 bits per heavy atom. The van der Waals surface area contributed by atoms with Gasteiger partial charge in [-0.2, -0.15) is 0 Å². The molecule has 1 aromatic carbocycles. The normalized spacial score (nSPS) is 28.6. The Morgan fingerprint density at radius 1 is 1.31 bits per heavy atom. The molecule has 0 spiro atoms. The van der Waals surface area contributed by atoms with Gasteiger partial charge in [-0.25, -0.2) is 0 Å². The van der Waals surface area contributed by atoms with Crippen LogP contribution >= 0.6 is 0 Å². The van der Waals surface area contributed by atoms with E-state index in [2.05, 4.69) is 11.4 Å². The summed E-state index contributed by atoms with van der Waals surface area (Å²) in [5.41, 5.74) is 2.26. The van der Waals surface area contributed by atoms with E-state index in [4.69, 9.17) is 4.74 Å². The van der Waals surface area contributed by atoms with Gasteiger partial charge >= 0.3 is 0 Å². The molecular formula is C13H15NO2. The number of rotatable bonds is 1. The number of carbonyl (C=O) groups excluding carboxylic acids is 1. The SMILES string of the molecule is O=C1C[C@H]([C@H]2CCOC2)c2ccccc2N1. The summed E-state index contributed by atoms with van der Waals surface area (Å²) < 4.78 is 5.43. The van der Waals surface area contributed by atoms with Crippen molar-refractivity contribution in [3.8, 4) is 0 Å². The van der Waals surface area contributed by atoms with Crippen molar-refractivity contribution in [1.29, 1.82) is 0 Å². The van der Waals surface area contributed by atoms with E-state index < -0.39 is 0 Å². The van der Waals surface area contributed by atoms with Gasteiger partial charge in [0.15, 0.2) is 0 Å². The second-order valence-corrected chi connectivity index (χ2v) is 4.57. The van der Waals surface area contributed by atoms with Gasteiger partial charge in [-0.1, -0.05) is 18.2 Å². The maximum absolute atomic E-state index is 11.6. The predicted molar refractivity (Wildman–Crippen MR) is 61.4 cm³/mol. The molecule has 16 heavy (non-hydrogen) atoms. The van der Waals surface area contributed by atoms with E-state index >= 15 is 0 Å². The Labute approximate surface area is 94.8 Å². The first-order chi connectivity index (χ1) is 7.84. The van der Waals surface area contributed by atoms with Crippen LogP contribution in [0.3, 0.4) is 0 Å². The molecule has 0 saturated carbocycles. The van der Waals surface area contributed by atoms with Crippen LogP contribution in [-0.2, 0) is 9.53 Å². The third-order valence-corrected chi connectivity index (χ3v) is 3.57. The summed E-state index contributed by atoms with van der Waals surface area (Å²) in [6.45, 7) is 1.64. The average Bonchev–Trinajstić information content (AvgIpc) is 2.81. The van der Waals surface area contributed by atoms with Gasteiger partial charge < -0.3 is 10.1 Å². The lowest BCUT2D eigenvalue weighted by Gasteiger charge is -2.29. The molecule has 0 bridgehead atoms. The van der Waals surface area contributed by atoms with E-state index in [1.165, 1.54) is 5.56 Å². The minimum absolute atomic E-state index is 0.135. The number of hydrogen-bond acceptors (Lipinski definition) is 2. The van der Waals surface area contributed by atoms with Crippen LogP contribution in [0.15, 0.2) is 24.3 Å². The molecule has 0 aromatic heterocycles. The lowest BCUT2D eigenvalue weighted by molar-refractivity contribution is -0.117. The Balaban J connectivity index is 1.96. The Morgan fingerprint density at radius 2 is 2.19 bits per heavy atom. The van der Waals surface area contributed by atoms with Crippen molar-refractivity contribution in [3.63, 3.8) is 0 Å². The summed E-state index contributed by atoms with van der Waals surface area (Å²) in [7, 11) is 0. The number of hydrogen-bond donors (Lipinski definition) is 1. The van der Waals surface area contributed by atoms with Crippen LogP contribution in [0, 0.1) is 5.92 Å². The first-order valence-corrected chi connectivity index (χ1v) is 5.81. The summed E-state index contributed by atoms with van der Waals surface area (Å²) in [4.78, 5) is 11.6. The molecule has 2 atom stereocenters. The third-order valence-electron chi connectivity index (χ3n) is 3.57. The van der Waals surface area contributed by atoms with E-state index in [9.17, 15) is 4.79 Å². The highest BCUT2D eigenvalue weighted by Gasteiger charge is 2.33. The van der Waals surface area contributed by atoms with Gasteiger partial charge in [0.25, 0.3) is 0 Å². The van der Waals surface area contributed by atoms with Crippen molar-refractivity contribution >= 4 is 11.6 Å². The largest absolute Gasteiger partial charge is 0.381 e. The second kappa shape index (κ2) is 3.91. The fourth-order valence-electron chi connectivity index (χ4n) is 2.74. The molecule has 1 aromatic rings. The Bertz CT molecular complexity index is 410. The monoisotopic (exact) mass is 217 g/mol. The average molecular weight is 217 g/mol. The Kier molecular flexibility index (Phi) is 2.40. The molecule has 0 radical (unpaired) electrons. The van der Waals surface area contributed by atoms with E-state index in [0.717, 1.165) is 25.3 Å². The van der Waals surface area contributed by atoms with Gasteiger partial charge in [-0.05, 0) is 29.9 Å². The summed E-state index contributed by atoms with van der Waals surface area (Å²) in [5.74, 6) is 0.982. The van der Waals surface area contributed by atoms with Gasteiger partial charge in [0.05, 0.1) is 6.61 Å². The van der Waals surface area contributed by atoms with E-state index in [1.807, 2.05) is 18.2 Å². The standard InChI is InChI=1S/C13H15NO2/c15-13-7-11(9-5-6-16-8-9)10-3-1-2-4-12(10)14-13/h1-4,9,11H,5-8H2,(H,14,15)/t9-,11+/m0/s1. The van der Waals surface area contributed by atoms with Crippen molar-refractivity contribution in [2.24, 2.45) is 5.92 Å². The summed E-state index contributed by atoms with van der Waals surface area (Å²) in [6.07, 6.45) is 1.68. The third kappa shape index (κ3) is 1.61. The number of para-hydroxylation sites is 1. The highest BCUT2D eigenvalue weighted by atomic mass is 16.5. The van der Waals surface area contributed by atoms with Crippen molar-refractivity contribution in [2.45, 2.75) is 18.8 Å². The number of fused-ring (bicyclic) bond motifs is 1. The molecule has 84 valence electrons. The number of nitrogens with one attached hydrogen (secondary N) is 1. The topological polar surface area (TPSA) is 38.3 Å². The zero-order valence-corrected chi connectivity index (χ0v) is 9.11. The Hall–Kier alpha value is -1.35. The van der Waals surface area contributed by atoms with Crippen LogP contribution in [0.5, 0.6) is 0 Å². The second-order valence-electron chi connectivity index (χ2n) is 4.57. The molecule has 2 aliphatic heterocycles. The van der Waals surface area contributed by atoms with Crippen molar-refractivity contribution in [1.82, 2.24) is 0 Å². The van der Waals surface area contributed by atoms with Gasteiger partial charge in [0.1, 0.15) is 0 Å². The molecule has 1 amide bonds. The maximum Gasteiger partial charge on any atom is 0.225 e. The molecule has 3 rings (SSSR count). The van der Waals surface area contributed by atoms with Crippen molar-refractivity contribution in [3.05, 3.63) is 29.8 Å². The van der Waals surface area contributed by atoms with Gasteiger partial charge in [0.2, 0.25) is 5.91 Å². The van der Waals surface area contributed by atoms with Crippen LogP contribution < -0.4 is 5.32 Å². The minimum atomic E-state index is 0.135. The van der Waals surface area contributed by atoms with Crippen LogP contribution in [0.25, 0.3) is 0 Å². The molecule has 3 heteroatoms. The van der Waals surface area contributed by atoms with Gasteiger partial charge in [-0.3, -0.25) is 4.79 Å². The molecular weight excluding hydrogens is 202 g/mol. The van der Waals surface area contributed by atoms with Crippen LogP contribution in [0.2, 0.25) is 0 Å². The molecule has 3 nitrogen and oxygen atoms in total. The van der Waals surface area contributed by atoms with Crippen LogP contribution in [-0.4, -0.2) is 19.1 Å². The zero-order valence-electron chi connectivity index (χ0n) is 9.11. The van der Waals surface area contributed by atoms with Crippen LogP contribution in [0.4, 0.5) is 5.69 Å². The van der Waals surface area contributed by atoms with Crippen molar-refractivity contribution < 1.29 is 9.53 Å². The fourth-order valence-corrected chi connectivity index (χ4v) is 2.74. The summed E-state index contributed by atoms with van der Waals surface area (Å²) in [6, 6.07) is 8.11. The minimum Gasteiger partial charge on any atom is -0.381 e. The summed E-state index contributed by atoms with van der Waals surface area (Å²) in [5, 5.41) is 2.93. The lowest BCUT2D eigenvalue weighted by Crippen LogP contribution is -2.27. The summed E-state index contributed by atoms with van der Waals surface area (Å²) >= 11 is 0.